The van der Waals surface area contributed by atoms with E-state index in [0.717, 1.165) is 17.0 Å². The average Bonchev–Trinajstić information content (AvgIpc) is 2.90. The van der Waals surface area contributed by atoms with Crippen molar-refractivity contribution in [1.82, 2.24) is 4.90 Å². The van der Waals surface area contributed by atoms with Gasteiger partial charge in [0.05, 0.1) is 23.2 Å². The van der Waals surface area contributed by atoms with Crippen molar-refractivity contribution in [2.75, 3.05) is 13.7 Å². The van der Waals surface area contributed by atoms with Crippen molar-refractivity contribution in [2.24, 2.45) is 0 Å². The lowest BCUT2D eigenvalue weighted by molar-refractivity contribution is -0.486. The van der Waals surface area contributed by atoms with Gasteiger partial charge in [-0.1, -0.05) is 12.1 Å². The lowest BCUT2D eigenvalue weighted by atomic mass is 10.1. The summed E-state index contributed by atoms with van der Waals surface area (Å²) in [5.74, 6) is -1.02. The Hall–Kier alpha value is -3.82. The maximum Gasteiger partial charge on any atom is 0.270 e. The maximum atomic E-state index is 12.7. The Morgan fingerprint density at radius 1 is 1.00 bits per heavy atom. The molecule has 1 heterocycles. The van der Waals surface area contributed by atoms with Gasteiger partial charge in [-0.25, -0.2) is 0 Å². The van der Waals surface area contributed by atoms with Crippen LogP contribution in [0, 0.1) is 20.2 Å². The highest BCUT2D eigenvalue weighted by Gasteiger charge is 2.43. The molecule has 0 saturated heterocycles. The first kappa shape index (κ1) is 18.0. The van der Waals surface area contributed by atoms with Gasteiger partial charge in [0.1, 0.15) is 11.8 Å². The third-order valence-electron chi connectivity index (χ3n) is 4.25. The summed E-state index contributed by atoms with van der Waals surface area (Å²) in [6.07, 6.45) is 0. The summed E-state index contributed by atoms with van der Waals surface area (Å²) < 4.78 is 5.04. The zero-order valence-corrected chi connectivity index (χ0v) is 14.0. The number of imide groups is 1. The molecule has 0 N–H and O–H groups in total. The highest BCUT2D eigenvalue weighted by atomic mass is 16.6. The summed E-state index contributed by atoms with van der Waals surface area (Å²) in [6.45, 7) is -0.695. The summed E-state index contributed by atoms with van der Waals surface area (Å²) in [5, 5.41) is 22.1. The van der Waals surface area contributed by atoms with Gasteiger partial charge in [0.15, 0.2) is 0 Å². The number of fused-ring (bicyclic) bond motifs is 1. The van der Waals surface area contributed by atoms with Crippen LogP contribution in [0.5, 0.6) is 5.75 Å². The summed E-state index contributed by atoms with van der Waals surface area (Å²) >= 11 is 0. The van der Waals surface area contributed by atoms with Crippen LogP contribution in [-0.2, 0) is 0 Å². The van der Waals surface area contributed by atoms with Crippen LogP contribution >= 0.6 is 0 Å². The number of nitro groups is 2. The number of nitrogens with zero attached hydrogens (tertiary/aromatic N) is 3. The van der Waals surface area contributed by atoms with Gasteiger partial charge in [-0.15, -0.1) is 0 Å². The first-order chi connectivity index (χ1) is 12.8. The summed E-state index contributed by atoms with van der Waals surface area (Å²) in [5.41, 5.74) is -0.132. The van der Waals surface area contributed by atoms with Crippen molar-refractivity contribution in [3.05, 3.63) is 79.4 Å². The van der Waals surface area contributed by atoms with Crippen molar-refractivity contribution in [3.8, 4) is 5.75 Å². The average molecular weight is 371 g/mol. The molecule has 0 aromatic heterocycles. The van der Waals surface area contributed by atoms with E-state index >= 15 is 0 Å². The van der Waals surface area contributed by atoms with Crippen LogP contribution in [0.25, 0.3) is 0 Å². The molecule has 0 saturated carbocycles. The molecule has 1 aliphatic heterocycles. The van der Waals surface area contributed by atoms with Gasteiger partial charge < -0.3 is 4.74 Å². The Morgan fingerprint density at radius 3 is 2.19 bits per heavy atom. The van der Waals surface area contributed by atoms with E-state index in [1.54, 1.807) is 12.1 Å². The van der Waals surface area contributed by atoms with E-state index < -0.39 is 34.2 Å². The van der Waals surface area contributed by atoms with Gasteiger partial charge in [-0.05, 0) is 23.8 Å². The van der Waals surface area contributed by atoms with E-state index in [1.165, 1.54) is 25.3 Å². The molecule has 10 heteroatoms. The molecule has 138 valence electrons. The van der Waals surface area contributed by atoms with Gasteiger partial charge in [0.2, 0.25) is 6.54 Å². The van der Waals surface area contributed by atoms with E-state index in [2.05, 4.69) is 0 Å². The summed E-state index contributed by atoms with van der Waals surface area (Å²) in [6, 6.07) is 8.33. The minimum Gasteiger partial charge on any atom is -0.497 e. The zero-order chi connectivity index (χ0) is 19.7. The quantitative estimate of drug-likeness (QED) is 0.432. The highest BCUT2D eigenvalue weighted by Crippen LogP contribution is 2.34. The number of hydrogen-bond donors (Lipinski definition) is 0. The number of non-ortho nitro benzene ring substituents is 1. The number of benzene rings is 2. The van der Waals surface area contributed by atoms with Gasteiger partial charge in [0, 0.05) is 17.1 Å². The topological polar surface area (TPSA) is 133 Å². The van der Waals surface area contributed by atoms with Crippen LogP contribution in [0.4, 0.5) is 5.69 Å². The SMILES string of the molecule is COc1ccc(C(C[N+](=O)[O-])N2C(=O)c3ccc([N+](=O)[O-])cc3C2=O)cc1. The molecular formula is C17H13N3O7. The van der Waals surface area contributed by atoms with E-state index in [4.69, 9.17) is 4.74 Å². The van der Waals surface area contributed by atoms with Gasteiger partial charge in [-0.3, -0.25) is 34.7 Å². The van der Waals surface area contributed by atoms with Crippen molar-refractivity contribution in [2.45, 2.75) is 6.04 Å². The van der Waals surface area contributed by atoms with Crippen molar-refractivity contribution in [3.63, 3.8) is 0 Å². The molecule has 1 atom stereocenters. The zero-order valence-electron chi connectivity index (χ0n) is 14.0. The monoisotopic (exact) mass is 371 g/mol. The molecule has 0 radical (unpaired) electrons. The molecule has 3 rings (SSSR count). The number of carbonyl (C=O) groups excluding carboxylic acids is 2. The number of amides is 2. The second kappa shape index (κ2) is 6.83. The molecule has 0 fully saturated rings. The molecule has 1 unspecified atom stereocenters. The number of methoxy groups -OCH3 is 1. The summed E-state index contributed by atoms with van der Waals surface area (Å²) in [4.78, 5) is 47.0. The minimum atomic E-state index is -1.16. The second-order valence-corrected chi connectivity index (χ2v) is 5.77. The molecule has 2 aromatic rings. The molecule has 27 heavy (non-hydrogen) atoms. The number of ether oxygens (including phenoxy) is 1. The Bertz CT molecular complexity index is 955. The number of carbonyl (C=O) groups is 2. The largest absolute Gasteiger partial charge is 0.497 e. The number of hydrogen-bond acceptors (Lipinski definition) is 7. The maximum absolute atomic E-state index is 12.7. The van der Waals surface area contributed by atoms with E-state index in [9.17, 15) is 29.8 Å². The lowest BCUT2D eigenvalue weighted by Crippen LogP contribution is -2.37. The standard InChI is InChI=1S/C17H13N3O7/c1-27-12-5-2-10(3-6-12)15(9-18(23)24)19-16(21)13-7-4-11(20(25)26)8-14(13)17(19)22/h2-8,15H,9H2,1H3. The molecule has 0 bridgehead atoms. The fraction of sp³-hybridized carbons (Fsp3) is 0.176. The van der Waals surface area contributed by atoms with Crippen LogP contribution in [-0.4, -0.2) is 40.2 Å². The molecular weight excluding hydrogens is 358 g/mol. The molecule has 0 aliphatic carbocycles. The second-order valence-electron chi connectivity index (χ2n) is 5.77. The Labute approximate surface area is 152 Å². The fourth-order valence-corrected chi connectivity index (χ4v) is 2.95. The predicted molar refractivity (Wildman–Crippen MR) is 91.2 cm³/mol. The van der Waals surface area contributed by atoms with Crippen LogP contribution in [0.1, 0.15) is 32.3 Å². The van der Waals surface area contributed by atoms with Crippen molar-refractivity contribution in [1.29, 1.82) is 0 Å². The summed E-state index contributed by atoms with van der Waals surface area (Å²) in [7, 11) is 1.46. The van der Waals surface area contributed by atoms with Gasteiger partial charge in [-0.2, -0.15) is 0 Å². The minimum absolute atomic E-state index is 0.0209. The normalized spacial score (nSPS) is 14.0. The van der Waals surface area contributed by atoms with E-state index in [0.29, 0.717) is 11.3 Å². The van der Waals surface area contributed by atoms with Crippen molar-refractivity contribution < 1.29 is 24.2 Å². The van der Waals surface area contributed by atoms with Gasteiger partial charge >= 0.3 is 0 Å². The van der Waals surface area contributed by atoms with E-state index in [-0.39, 0.29) is 16.8 Å². The number of nitro benzene ring substituents is 1. The fourth-order valence-electron chi connectivity index (χ4n) is 2.95. The number of rotatable bonds is 6. The first-order valence-electron chi connectivity index (χ1n) is 7.75. The third-order valence-corrected chi connectivity index (χ3v) is 4.25. The lowest BCUT2D eigenvalue weighted by Gasteiger charge is -2.23. The van der Waals surface area contributed by atoms with Crippen LogP contribution in [0.2, 0.25) is 0 Å². The Morgan fingerprint density at radius 2 is 1.63 bits per heavy atom. The first-order valence-corrected chi connectivity index (χ1v) is 7.75. The van der Waals surface area contributed by atoms with Gasteiger partial charge in [0.25, 0.3) is 17.5 Å². The molecule has 2 aromatic carbocycles. The van der Waals surface area contributed by atoms with Crippen LogP contribution in [0.3, 0.4) is 0 Å². The highest BCUT2D eigenvalue weighted by molar-refractivity contribution is 6.21. The Balaban J connectivity index is 2.04. The molecule has 10 nitrogen and oxygen atoms in total. The van der Waals surface area contributed by atoms with E-state index in [1.807, 2.05) is 0 Å². The Kier molecular flexibility index (Phi) is 4.55. The van der Waals surface area contributed by atoms with Crippen molar-refractivity contribution >= 4 is 17.5 Å². The molecule has 1 aliphatic rings. The third kappa shape index (κ3) is 3.19. The van der Waals surface area contributed by atoms with Crippen LogP contribution in [0.15, 0.2) is 42.5 Å². The molecule has 2 amide bonds. The smallest absolute Gasteiger partial charge is 0.270 e. The predicted octanol–water partition coefficient (Wildman–Crippen LogP) is 2.22. The van der Waals surface area contributed by atoms with Crippen LogP contribution < -0.4 is 4.74 Å². The molecule has 0 spiro atoms.